The number of aromatic nitrogens is 2. The summed E-state index contributed by atoms with van der Waals surface area (Å²) in [5.74, 6) is 0.356. The molecule has 4 aromatic rings. The second-order valence-corrected chi connectivity index (χ2v) is 6.20. The zero-order valence-electron chi connectivity index (χ0n) is 15.7. The van der Waals surface area contributed by atoms with Gasteiger partial charge in [-0.1, -0.05) is 18.2 Å². The maximum absolute atomic E-state index is 14.2. The number of anilines is 2. The maximum Gasteiger partial charge on any atom is 0.162 e. The van der Waals surface area contributed by atoms with Crippen molar-refractivity contribution in [2.24, 2.45) is 0 Å². The van der Waals surface area contributed by atoms with Gasteiger partial charge in [0.05, 0.1) is 19.7 Å². The van der Waals surface area contributed by atoms with Crippen molar-refractivity contribution in [3.8, 4) is 22.9 Å². The van der Waals surface area contributed by atoms with Gasteiger partial charge in [0, 0.05) is 10.9 Å². The highest BCUT2D eigenvalue weighted by Crippen LogP contribution is 2.33. The molecule has 0 fully saturated rings. The quantitative estimate of drug-likeness (QED) is 0.496. The number of rotatable bonds is 5. The largest absolute Gasteiger partial charge is 0.493 e. The van der Waals surface area contributed by atoms with Crippen molar-refractivity contribution in [1.29, 1.82) is 0 Å². The van der Waals surface area contributed by atoms with E-state index in [1.54, 1.807) is 31.4 Å². The standard InChI is InChI=1S/C22H17F2N3O2/c1-28-18-11-10-13(12-19(18)29-2)21-25-17-9-4-3-6-14(17)22(27-21)26-20-15(23)7-5-8-16(20)24/h3-12H,1-2H3,(H,25,26,27). The smallest absolute Gasteiger partial charge is 0.162 e. The Kier molecular flexibility index (Phi) is 4.95. The number of methoxy groups -OCH3 is 2. The van der Waals surface area contributed by atoms with Crippen LogP contribution in [-0.2, 0) is 0 Å². The van der Waals surface area contributed by atoms with Gasteiger partial charge in [-0.2, -0.15) is 0 Å². The number of ether oxygens (including phenoxy) is 2. The fourth-order valence-electron chi connectivity index (χ4n) is 3.01. The zero-order valence-corrected chi connectivity index (χ0v) is 15.7. The van der Waals surface area contributed by atoms with Crippen molar-refractivity contribution in [2.75, 3.05) is 19.5 Å². The van der Waals surface area contributed by atoms with Gasteiger partial charge in [-0.05, 0) is 42.5 Å². The Morgan fingerprint density at radius 1 is 0.793 bits per heavy atom. The first-order valence-corrected chi connectivity index (χ1v) is 8.81. The van der Waals surface area contributed by atoms with Crippen LogP contribution in [0.1, 0.15) is 0 Å². The molecule has 1 N–H and O–H groups in total. The van der Waals surface area contributed by atoms with E-state index in [-0.39, 0.29) is 5.69 Å². The molecule has 0 aliphatic carbocycles. The Bertz CT molecular complexity index is 1180. The molecule has 0 aliphatic heterocycles. The summed E-state index contributed by atoms with van der Waals surface area (Å²) >= 11 is 0. The zero-order chi connectivity index (χ0) is 20.4. The van der Waals surface area contributed by atoms with E-state index >= 15 is 0 Å². The number of hydrogen-bond donors (Lipinski definition) is 1. The fraction of sp³-hybridized carbons (Fsp3) is 0.0909. The normalized spacial score (nSPS) is 10.8. The van der Waals surface area contributed by atoms with Crippen LogP contribution < -0.4 is 14.8 Å². The van der Waals surface area contributed by atoms with Crippen LogP contribution in [0.4, 0.5) is 20.3 Å². The minimum Gasteiger partial charge on any atom is -0.493 e. The molecule has 0 aliphatic rings. The molecule has 5 nitrogen and oxygen atoms in total. The van der Waals surface area contributed by atoms with Gasteiger partial charge in [0.25, 0.3) is 0 Å². The Labute approximate surface area is 166 Å². The number of para-hydroxylation sites is 2. The highest BCUT2D eigenvalue weighted by Gasteiger charge is 2.15. The van der Waals surface area contributed by atoms with Gasteiger partial charge < -0.3 is 14.8 Å². The summed E-state index contributed by atoms with van der Waals surface area (Å²) in [5.41, 5.74) is 1.03. The first-order valence-electron chi connectivity index (χ1n) is 8.81. The van der Waals surface area contributed by atoms with Gasteiger partial charge in [0.1, 0.15) is 23.1 Å². The highest BCUT2D eigenvalue weighted by atomic mass is 19.1. The van der Waals surface area contributed by atoms with Gasteiger partial charge in [-0.25, -0.2) is 18.7 Å². The molecule has 0 bridgehead atoms. The summed E-state index contributed by atoms with van der Waals surface area (Å²) in [6.07, 6.45) is 0. The van der Waals surface area contributed by atoms with E-state index in [0.717, 1.165) is 0 Å². The van der Waals surface area contributed by atoms with Crippen LogP contribution >= 0.6 is 0 Å². The average molecular weight is 393 g/mol. The van der Waals surface area contributed by atoms with Crippen LogP contribution in [0, 0.1) is 11.6 Å². The summed E-state index contributed by atoms with van der Waals surface area (Å²) in [5, 5.41) is 3.43. The number of nitrogens with zero attached hydrogens (tertiary/aromatic N) is 2. The molecule has 0 unspecified atom stereocenters. The summed E-state index contributed by atoms with van der Waals surface area (Å²) in [4.78, 5) is 9.12. The van der Waals surface area contributed by atoms with E-state index in [9.17, 15) is 8.78 Å². The number of fused-ring (bicyclic) bond motifs is 1. The van der Waals surface area contributed by atoms with Crippen molar-refractivity contribution in [1.82, 2.24) is 9.97 Å². The van der Waals surface area contributed by atoms with Crippen LogP contribution in [0.15, 0.2) is 60.7 Å². The van der Waals surface area contributed by atoms with E-state index in [1.165, 1.54) is 25.3 Å². The first-order chi connectivity index (χ1) is 14.1. The number of benzene rings is 3. The van der Waals surface area contributed by atoms with Crippen LogP contribution in [0.5, 0.6) is 11.5 Å². The second-order valence-electron chi connectivity index (χ2n) is 6.20. The van der Waals surface area contributed by atoms with Crippen molar-refractivity contribution < 1.29 is 18.3 Å². The van der Waals surface area contributed by atoms with Crippen molar-refractivity contribution >= 4 is 22.4 Å². The van der Waals surface area contributed by atoms with Crippen molar-refractivity contribution in [3.05, 3.63) is 72.3 Å². The Morgan fingerprint density at radius 3 is 2.24 bits per heavy atom. The summed E-state index contributed by atoms with van der Waals surface area (Å²) < 4.78 is 38.9. The molecule has 0 spiro atoms. The van der Waals surface area contributed by atoms with Gasteiger partial charge >= 0.3 is 0 Å². The number of hydrogen-bond acceptors (Lipinski definition) is 5. The van der Waals surface area contributed by atoms with Crippen molar-refractivity contribution in [2.45, 2.75) is 0 Å². The van der Waals surface area contributed by atoms with E-state index in [1.807, 2.05) is 18.2 Å². The minimum atomic E-state index is -0.708. The van der Waals surface area contributed by atoms with E-state index < -0.39 is 11.6 Å². The molecule has 3 aromatic carbocycles. The molecule has 0 saturated carbocycles. The topological polar surface area (TPSA) is 56.3 Å². The van der Waals surface area contributed by atoms with Crippen molar-refractivity contribution in [3.63, 3.8) is 0 Å². The molecule has 0 saturated heterocycles. The molecule has 1 aromatic heterocycles. The van der Waals surface area contributed by atoms with Gasteiger partial charge in [-0.15, -0.1) is 0 Å². The molecule has 7 heteroatoms. The first kappa shape index (κ1) is 18.6. The maximum atomic E-state index is 14.2. The highest BCUT2D eigenvalue weighted by molar-refractivity contribution is 5.92. The Hall–Kier alpha value is -3.74. The molecule has 146 valence electrons. The van der Waals surface area contributed by atoms with Gasteiger partial charge in [0.2, 0.25) is 0 Å². The molecular formula is C22H17F2N3O2. The van der Waals surface area contributed by atoms with Crippen LogP contribution in [0.3, 0.4) is 0 Å². The van der Waals surface area contributed by atoms with Gasteiger partial charge in [-0.3, -0.25) is 0 Å². The monoisotopic (exact) mass is 393 g/mol. The lowest BCUT2D eigenvalue weighted by Gasteiger charge is -2.13. The summed E-state index contributed by atoms with van der Waals surface area (Å²) in [6.45, 7) is 0. The minimum absolute atomic E-state index is 0.269. The lowest BCUT2D eigenvalue weighted by molar-refractivity contribution is 0.355. The predicted molar refractivity (Wildman–Crippen MR) is 108 cm³/mol. The van der Waals surface area contributed by atoms with E-state index in [0.29, 0.717) is 39.6 Å². The second kappa shape index (κ2) is 7.71. The van der Waals surface area contributed by atoms with Crippen LogP contribution in [0.25, 0.3) is 22.3 Å². The van der Waals surface area contributed by atoms with E-state index in [2.05, 4.69) is 15.3 Å². The SMILES string of the molecule is COc1ccc(-c2nc(Nc3c(F)cccc3F)c3ccccc3n2)cc1OC. The summed E-state index contributed by atoms with van der Waals surface area (Å²) in [6, 6.07) is 16.2. The molecule has 0 atom stereocenters. The lowest BCUT2D eigenvalue weighted by Crippen LogP contribution is -2.03. The fourth-order valence-corrected chi connectivity index (χ4v) is 3.01. The lowest BCUT2D eigenvalue weighted by atomic mass is 10.1. The third-order valence-corrected chi connectivity index (χ3v) is 4.45. The Balaban J connectivity index is 1.87. The number of halogens is 2. The van der Waals surface area contributed by atoms with Gasteiger partial charge in [0.15, 0.2) is 17.3 Å². The third-order valence-electron chi connectivity index (χ3n) is 4.45. The average Bonchev–Trinajstić information content (AvgIpc) is 2.75. The van der Waals surface area contributed by atoms with Crippen LogP contribution in [0.2, 0.25) is 0 Å². The molecular weight excluding hydrogens is 376 g/mol. The molecule has 29 heavy (non-hydrogen) atoms. The molecule has 1 heterocycles. The third kappa shape index (κ3) is 3.54. The predicted octanol–water partition coefficient (Wildman–Crippen LogP) is 5.34. The summed E-state index contributed by atoms with van der Waals surface area (Å²) in [7, 11) is 3.09. The van der Waals surface area contributed by atoms with E-state index in [4.69, 9.17) is 9.47 Å². The van der Waals surface area contributed by atoms with Crippen LogP contribution in [-0.4, -0.2) is 24.2 Å². The molecule has 0 radical (unpaired) electrons. The Morgan fingerprint density at radius 2 is 1.52 bits per heavy atom. The molecule has 4 rings (SSSR count). The number of nitrogens with one attached hydrogen (secondary N) is 1. The molecule has 0 amide bonds.